The Hall–Kier alpha value is -3.62. The maximum atomic E-state index is 14.3. The van der Waals surface area contributed by atoms with Gasteiger partial charge in [0.1, 0.15) is 11.4 Å². The Balaban J connectivity index is 1.54. The van der Waals surface area contributed by atoms with E-state index >= 15 is 0 Å². The van der Waals surface area contributed by atoms with Crippen molar-refractivity contribution in [3.8, 4) is 5.69 Å². The van der Waals surface area contributed by atoms with Crippen LogP contribution in [0.1, 0.15) is 25.2 Å². The number of anilines is 1. The van der Waals surface area contributed by atoms with Crippen LogP contribution in [0.25, 0.3) is 16.6 Å². The molecule has 184 valence electrons. The van der Waals surface area contributed by atoms with Crippen LogP contribution in [0.5, 0.6) is 0 Å². The fraction of sp³-hybridized carbons (Fsp3) is 0.241. The van der Waals surface area contributed by atoms with Gasteiger partial charge < -0.3 is 0 Å². The molecule has 3 aliphatic rings. The zero-order valence-electron chi connectivity index (χ0n) is 20.2. The molecule has 7 rings (SSSR count). The van der Waals surface area contributed by atoms with Gasteiger partial charge in [-0.05, 0) is 42.3 Å². The van der Waals surface area contributed by atoms with Crippen LogP contribution in [0.2, 0.25) is 0 Å². The van der Waals surface area contributed by atoms with E-state index in [9.17, 15) is 14.4 Å². The van der Waals surface area contributed by atoms with Crippen molar-refractivity contribution in [1.82, 2.24) is 14.9 Å². The molecule has 2 fully saturated rings. The molecule has 1 N–H and O–H groups in total. The van der Waals surface area contributed by atoms with Crippen LogP contribution >= 0.6 is 15.9 Å². The summed E-state index contributed by atoms with van der Waals surface area (Å²) in [6.45, 7) is 4.10. The zero-order chi connectivity index (χ0) is 25.6. The Bertz CT molecular complexity index is 1710. The highest BCUT2D eigenvalue weighted by Crippen LogP contribution is 2.56. The first-order valence-electron chi connectivity index (χ1n) is 12.4. The van der Waals surface area contributed by atoms with Crippen LogP contribution < -0.4 is 15.8 Å². The fourth-order valence-corrected chi connectivity index (χ4v) is 6.98. The lowest BCUT2D eigenvalue weighted by atomic mass is 9.75. The summed E-state index contributed by atoms with van der Waals surface area (Å²) < 4.78 is 2.41. The summed E-state index contributed by atoms with van der Waals surface area (Å²) in [5.74, 6) is -1.35. The van der Waals surface area contributed by atoms with Gasteiger partial charge in [-0.2, -0.15) is 0 Å². The molecular weight excluding hydrogens is 532 g/mol. The monoisotopic (exact) mass is 554 g/mol. The van der Waals surface area contributed by atoms with Gasteiger partial charge >= 0.3 is 0 Å². The van der Waals surface area contributed by atoms with Gasteiger partial charge in [0.2, 0.25) is 11.8 Å². The summed E-state index contributed by atoms with van der Waals surface area (Å²) in [6, 6.07) is 21.8. The molecule has 0 bridgehead atoms. The van der Waals surface area contributed by atoms with Crippen molar-refractivity contribution in [1.29, 1.82) is 0 Å². The van der Waals surface area contributed by atoms with Crippen LogP contribution in [0.15, 0.2) is 82.1 Å². The van der Waals surface area contributed by atoms with Crippen LogP contribution in [-0.4, -0.2) is 27.4 Å². The zero-order valence-corrected chi connectivity index (χ0v) is 21.8. The molecule has 3 aliphatic heterocycles. The number of amides is 2. The van der Waals surface area contributed by atoms with E-state index in [0.717, 1.165) is 10.0 Å². The summed E-state index contributed by atoms with van der Waals surface area (Å²) in [7, 11) is 0. The molecule has 4 heterocycles. The summed E-state index contributed by atoms with van der Waals surface area (Å²) in [5, 5.41) is 4.23. The van der Waals surface area contributed by atoms with Gasteiger partial charge in [-0.1, -0.05) is 66.2 Å². The normalized spacial score (nSPS) is 25.8. The number of aromatic nitrogens is 2. The number of imide groups is 1. The lowest BCUT2D eigenvalue weighted by Gasteiger charge is -2.32. The Morgan fingerprint density at radius 1 is 0.946 bits per heavy atom. The van der Waals surface area contributed by atoms with Crippen molar-refractivity contribution in [2.75, 3.05) is 4.90 Å². The number of fused-ring (bicyclic) bond motifs is 8. The minimum absolute atomic E-state index is 0.0551. The lowest BCUT2D eigenvalue weighted by molar-refractivity contribution is -0.123. The quantitative estimate of drug-likeness (QED) is 0.376. The van der Waals surface area contributed by atoms with E-state index in [-0.39, 0.29) is 29.3 Å². The molecule has 0 radical (unpaired) electrons. The second-order valence-corrected chi connectivity index (χ2v) is 11.2. The number of halogens is 1. The molecule has 7 nitrogen and oxygen atoms in total. The second-order valence-electron chi connectivity index (χ2n) is 10.3. The van der Waals surface area contributed by atoms with E-state index in [1.54, 1.807) is 22.8 Å². The number of para-hydroxylation sites is 2. The van der Waals surface area contributed by atoms with Gasteiger partial charge in [-0.25, -0.2) is 9.88 Å². The predicted molar refractivity (Wildman–Crippen MR) is 143 cm³/mol. The number of hydrogen-bond donors (Lipinski definition) is 1. The molecule has 8 heteroatoms. The molecule has 4 atom stereocenters. The molecular formula is C29H23BrN4O3. The molecule has 0 aliphatic carbocycles. The summed E-state index contributed by atoms with van der Waals surface area (Å²) in [6.07, 6.45) is 0. The highest BCUT2D eigenvalue weighted by atomic mass is 79.9. The maximum Gasteiger partial charge on any atom is 0.266 e. The second kappa shape index (κ2) is 7.69. The number of hydrogen-bond acceptors (Lipinski definition) is 5. The topological polar surface area (TPSA) is 84.3 Å². The largest absolute Gasteiger partial charge is 0.296 e. The van der Waals surface area contributed by atoms with Gasteiger partial charge in [0, 0.05) is 16.1 Å². The van der Waals surface area contributed by atoms with Crippen molar-refractivity contribution in [2.45, 2.75) is 25.4 Å². The number of benzene rings is 3. The Morgan fingerprint density at radius 3 is 2.49 bits per heavy atom. The van der Waals surface area contributed by atoms with Crippen molar-refractivity contribution in [3.05, 3.63) is 99.0 Å². The van der Waals surface area contributed by atoms with Crippen molar-refractivity contribution >= 4 is 44.3 Å². The molecule has 37 heavy (non-hydrogen) atoms. The van der Waals surface area contributed by atoms with Gasteiger partial charge in [0.05, 0.1) is 34.1 Å². The molecule has 0 unspecified atom stereocenters. The standard InChI is InChI=1S/C29H23BrN4O3/c1-15(2)24-22-23(27(37)33(26(22)36)17-9-7-8-16(30)14-17)29(32-24)19-11-4-6-13-21(19)34-25(35)18-10-3-5-12-20(18)31-28(29)34/h3-15,22-24,32H,1-2H3/t22-,23-,24+,29+/m1/s1. The highest BCUT2D eigenvalue weighted by Gasteiger charge is 2.70. The molecule has 3 aromatic carbocycles. The van der Waals surface area contributed by atoms with Crippen molar-refractivity contribution in [3.63, 3.8) is 0 Å². The van der Waals surface area contributed by atoms with Crippen LogP contribution in [-0.2, 0) is 15.1 Å². The smallest absolute Gasteiger partial charge is 0.266 e. The van der Waals surface area contributed by atoms with E-state index in [2.05, 4.69) is 35.1 Å². The molecule has 1 spiro atoms. The SMILES string of the molecule is CC(C)[C@@H]1N[C@@]2(c3ccccc3-n3c2nc2ccccc2c3=O)[C@H]2C(=O)N(c3cccc(Br)c3)C(=O)[C@@H]12. The number of carbonyl (C=O) groups excluding carboxylic acids is 2. The third-order valence-corrected chi connectivity index (χ3v) is 8.57. The van der Waals surface area contributed by atoms with Crippen LogP contribution in [0, 0.1) is 17.8 Å². The summed E-state index contributed by atoms with van der Waals surface area (Å²) in [4.78, 5) is 48.5. The van der Waals surface area contributed by atoms with Crippen LogP contribution in [0.4, 0.5) is 5.69 Å². The van der Waals surface area contributed by atoms with E-state index in [1.165, 1.54) is 4.90 Å². The lowest BCUT2D eigenvalue weighted by Crippen LogP contribution is -2.51. The first-order chi connectivity index (χ1) is 17.8. The first-order valence-corrected chi connectivity index (χ1v) is 13.2. The maximum absolute atomic E-state index is 14.3. The van der Waals surface area contributed by atoms with E-state index in [0.29, 0.717) is 28.1 Å². The van der Waals surface area contributed by atoms with E-state index < -0.39 is 17.4 Å². The summed E-state index contributed by atoms with van der Waals surface area (Å²) in [5.41, 5.74) is 1.29. The average molecular weight is 555 g/mol. The number of carbonyl (C=O) groups is 2. The Kier molecular flexibility index (Phi) is 4.69. The highest BCUT2D eigenvalue weighted by molar-refractivity contribution is 9.10. The fourth-order valence-electron chi connectivity index (χ4n) is 6.59. The van der Waals surface area contributed by atoms with Gasteiger partial charge in [-0.15, -0.1) is 0 Å². The number of nitrogens with one attached hydrogen (secondary N) is 1. The van der Waals surface area contributed by atoms with Gasteiger partial charge in [-0.3, -0.25) is 24.3 Å². The van der Waals surface area contributed by atoms with Gasteiger partial charge in [0.15, 0.2) is 0 Å². The van der Waals surface area contributed by atoms with Gasteiger partial charge in [0.25, 0.3) is 5.56 Å². The van der Waals surface area contributed by atoms with Crippen molar-refractivity contribution < 1.29 is 9.59 Å². The van der Waals surface area contributed by atoms with E-state index in [1.807, 2.05) is 54.6 Å². The number of rotatable bonds is 2. The predicted octanol–water partition coefficient (Wildman–Crippen LogP) is 4.14. The van der Waals surface area contributed by atoms with Crippen LogP contribution in [0.3, 0.4) is 0 Å². The minimum atomic E-state index is -1.12. The van der Waals surface area contributed by atoms with Crippen molar-refractivity contribution in [2.24, 2.45) is 17.8 Å². The first kappa shape index (κ1) is 22.6. The minimum Gasteiger partial charge on any atom is -0.296 e. The third kappa shape index (κ3) is 2.80. The molecule has 4 aromatic rings. The Labute approximate surface area is 221 Å². The average Bonchev–Trinajstić information content (AvgIpc) is 3.48. The number of nitrogens with zero attached hydrogens (tertiary/aromatic N) is 3. The summed E-state index contributed by atoms with van der Waals surface area (Å²) >= 11 is 3.47. The Morgan fingerprint density at radius 2 is 1.70 bits per heavy atom. The molecule has 2 saturated heterocycles. The molecule has 1 aromatic heterocycles. The molecule has 0 saturated carbocycles. The van der Waals surface area contributed by atoms with E-state index in [4.69, 9.17) is 4.98 Å². The molecule has 2 amide bonds. The third-order valence-electron chi connectivity index (χ3n) is 8.08.